The lowest BCUT2D eigenvalue weighted by atomic mass is 9.95. The Morgan fingerprint density at radius 3 is 2.47 bits per heavy atom. The quantitative estimate of drug-likeness (QED) is 0.558. The van der Waals surface area contributed by atoms with Gasteiger partial charge in [0.15, 0.2) is 0 Å². The molecule has 0 atom stereocenters. The molecule has 17 heavy (non-hydrogen) atoms. The van der Waals surface area contributed by atoms with Gasteiger partial charge in [0.05, 0.1) is 0 Å². The van der Waals surface area contributed by atoms with Gasteiger partial charge in [-0.25, -0.2) is 0 Å². The van der Waals surface area contributed by atoms with Crippen molar-refractivity contribution in [1.29, 1.82) is 0 Å². The van der Waals surface area contributed by atoms with Crippen LogP contribution < -0.4 is 0 Å². The van der Waals surface area contributed by atoms with Crippen LogP contribution in [0, 0.1) is 13.0 Å². The van der Waals surface area contributed by atoms with E-state index in [1.165, 1.54) is 27.5 Å². The van der Waals surface area contributed by atoms with Crippen LogP contribution in [0.5, 0.6) is 0 Å². The van der Waals surface area contributed by atoms with Crippen molar-refractivity contribution in [2.24, 2.45) is 0 Å². The van der Waals surface area contributed by atoms with E-state index in [1.807, 2.05) is 6.07 Å². The van der Waals surface area contributed by atoms with Crippen LogP contribution in [0.25, 0.3) is 21.9 Å². The first-order valence-electron chi connectivity index (χ1n) is 5.82. The Balaban J connectivity index is 2.35. The number of hydrogen-bond acceptors (Lipinski definition) is 0. The van der Waals surface area contributed by atoms with E-state index < -0.39 is 0 Å². The molecule has 3 aromatic carbocycles. The van der Waals surface area contributed by atoms with Crippen molar-refractivity contribution < 1.29 is 0 Å². The Labute approximate surface area is 102 Å². The van der Waals surface area contributed by atoms with Crippen molar-refractivity contribution in [1.82, 2.24) is 0 Å². The highest BCUT2D eigenvalue weighted by Gasteiger charge is 2.05. The molecule has 0 fully saturated rings. The number of fused-ring (bicyclic) bond motifs is 1. The first-order chi connectivity index (χ1) is 8.36. The van der Waals surface area contributed by atoms with Crippen molar-refractivity contribution in [2.45, 2.75) is 6.92 Å². The van der Waals surface area contributed by atoms with E-state index in [-0.39, 0.29) is 0 Å². The summed E-state index contributed by atoms with van der Waals surface area (Å²) in [5.74, 6) is 0. The van der Waals surface area contributed by atoms with E-state index in [0.717, 1.165) is 0 Å². The summed E-state index contributed by atoms with van der Waals surface area (Å²) in [5.41, 5.74) is 3.76. The van der Waals surface area contributed by atoms with Crippen molar-refractivity contribution in [2.75, 3.05) is 0 Å². The molecule has 3 rings (SSSR count). The summed E-state index contributed by atoms with van der Waals surface area (Å²) in [5, 5.41) is 2.54. The maximum atomic E-state index is 3.37. The second-order valence-corrected chi connectivity index (χ2v) is 4.25. The molecule has 0 unspecified atom stereocenters. The largest absolute Gasteiger partial charge is 0.0620 e. The van der Waals surface area contributed by atoms with Gasteiger partial charge in [0.25, 0.3) is 0 Å². The van der Waals surface area contributed by atoms with E-state index in [1.54, 1.807) is 0 Å². The van der Waals surface area contributed by atoms with Crippen molar-refractivity contribution in [3.8, 4) is 11.1 Å². The lowest BCUT2D eigenvalue weighted by Crippen LogP contribution is -1.84. The van der Waals surface area contributed by atoms with Crippen LogP contribution in [-0.4, -0.2) is 0 Å². The summed E-state index contributed by atoms with van der Waals surface area (Å²) < 4.78 is 0. The molecule has 81 valence electrons. The molecule has 0 aliphatic heterocycles. The molecular formula is C17H13. The van der Waals surface area contributed by atoms with Gasteiger partial charge in [-0.1, -0.05) is 60.7 Å². The first-order valence-corrected chi connectivity index (χ1v) is 5.82. The zero-order valence-electron chi connectivity index (χ0n) is 9.77. The molecule has 0 nitrogen and oxygen atoms in total. The Morgan fingerprint density at radius 1 is 0.824 bits per heavy atom. The van der Waals surface area contributed by atoms with Crippen LogP contribution in [0.3, 0.4) is 0 Å². The maximum Gasteiger partial charge on any atom is -0.00239 e. The lowest BCUT2D eigenvalue weighted by molar-refractivity contribution is 1.47. The molecule has 1 radical (unpaired) electrons. The van der Waals surface area contributed by atoms with Gasteiger partial charge in [-0.15, -0.1) is 0 Å². The van der Waals surface area contributed by atoms with Gasteiger partial charge >= 0.3 is 0 Å². The van der Waals surface area contributed by atoms with E-state index in [0.29, 0.717) is 0 Å². The van der Waals surface area contributed by atoms with Gasteiger partial charge < -0.3 is 0 Å². The maximum absolute atomic E-state index is 3.37. The van der Waals surface area contributed by atoms with Crippen LogP contribution in [0.15, 0.2) is 60.7 Å². The minimum atomic E-state index is 1.20. The molecule has 0 bridgehead atoms. The first kappa shape index (κ1) is 10.1. The van der Waals surface area contributed by atoms with Gasteiger partial charge in [-0.05, 0) is 40.5 Å². The molecule has 0 saturated heterocycles. The molecular weight excluding hydrogens is 204 g/mol. The molecule has 0 amide bonds. The fraction of sp³-hybridized carbons (Fsp3) is 0.0588. The van der Waals surface area contributed by atoms with Crippen LogP contribution in [0.4, 0.5) is 0 Å². The Hall–Kier alpha value is -2.08. The van der Waals surface area contributed by atoms with Gasteiger partial charge in [0.1, 0.15) is 0 Å². The van der Waals surface area contributed by atoms with Gasteiger partial charge in [-0.3, -0.25) is 0 Å². The highest BCUT2D eigenvalue weighted by molar-refractivity contribution is 5.96. The van der Waals surface area contributed by atoms with E-state index >= 15 is 0 Å². The second-order valence-electron chi connectivity index (χ2n) is 4.25. The highest BCUT2D eigenvalue weighted by Crippen LogP contribution is 2.29. The Morgan fingerprint density at radius 2 is 1.59 bits per heavy atom. The predicted molar refractivity (Wildman–Crippen MR) is 73.0 cm³/mol. The highest BCUT2D eigenvalue weighted by atomic mass is 14.1. The molecule has 0 aliphatic carbocycles. The summed E-state index contributed by atoms with van der Waals surface area (Å²) in [4.78, 5) is 0. The van der Waals surface area contributed by atoms with E-state index in [9.17, 15) is 0 Å². The molecule has 0 N–H and O–H groups in total. The van der Waals surface area contributed by atoms with Crippen LogP contribution in [0.2, 0.25) is 0 Å². The molecule has 0 heteroatoms. The minimum Gasteiger partial charge on any atom is -0.0620 e. The van der Waals surface area contributed by atoms with Crippen LogP contribution in [-0.2, 0) is 0 Å². The summed E-state index contributed by atoms with van der Waals surface area (Å²) >= 11 is 0. The monoisotopic (exact) mass is 217 g/mol. The summed E-state index contributed by atoms with van der Waals surface area (Å²) in [6, 6.07) is 24.4. The average Bonchev–Trinajstić information content (AvgIpc) is 2.39. The van der Waals surface area contributed by atoms with Gasteiger partial charge in [0.2, 0.25) is 0 Å². The summed E-state index contributed by atoms with van der Waals surface area (Å²) in [7, 11) is 0. The Kier molecular flexibility index (Phi) is 2.41. The van der Waals surface area contributed by atoms with E-state index in [4.69, 9.17) is 0 Å². The number of rotatable bonds is 1. The Bertz CT molecular complexity index is 660. The molecule has 0 aliphatic rings. The third kappa shape index (κ3) is 1.72. The van der Waals surface area contributed by atoms with Crippen molar-refractivity contribution in [3.05, 3.63) is 72.3 Å². The van der Waals surface area contributed by atoms with Gasteiger partial charge in [-0.2, -0.15) is 0 Å². The summed E-state index contributed by atoms with van der Waals surface area (Å²) in [6.07, 6.45) is 0. The number of hydrogen-bond donors (Lipinski definition) is 0. The third-order valence-electron chi connectivity index (χ3n) is 3.14. The average molecular weight is 217 g/mol. The van der Waals surface area contributed by atoms with Gasteiger partial charge in [0, 0.05) is 0 Å². The standard InChI is InChI=1S/C17H13/c1-13-7-2-4-10-15(13)17-12-6-9-14-8-3-5-11-16(14)17/h2-11H,1H3. The van der Waals surface area contributed by atoms with Crippen LogP contribution in [0.1, 0.15) is 5.56 Å². The number of aryl methyl sites for hydroxylation is 1. The fourth-order valence-electron chi connectivity index (χ4n) is 2.24. The molecule has 0 spiro atoms. The molecule has 0 saturated carbocycles. The third-order valence-corrected chi connectivity index (χ3v) is 3.14. The van der Waals surface area contributed by atoms with Crippen molar-refractivity contribution >= 4 is 10.8 Å². The zero-order chi connectivity index (χ0) is 11.7. The minimum absolute atomic E-state index is 1.20. The fourth-order valence-corrected chi connectivity index (χ4v) is 2.24. The predicted octanol–water partition coefficient (Wildman–Crippen LogP) is 4.62. The van der Waals surface area contributed by atoms with E-state index in [2.05, 4.69) is 67.6 Å². The lowest BCUT2D eigenvalue weighted by Gasteiger charge is -2.08. The topological polar surface area (TPSA) is 0 Å². The number of benzene rings is 3. The molecule has 0 aromatic heterocycles. The second kappa shape index (κ2) is 4.06. The van der Waals surface area contributed by atoms with Crippen LogP contribution >= 0.6 is 0 Å². The molecule has 3 aromatic rings. The smallest absolute Gasteiger partial charge is 0.00239 e. The molecule has 0 heterocycles. The zero-order valence-corrected chi connectivity index (χ0v) is 9.77. The van der Waals surface area contributed by atoms with Crippen molar-refractivity contribution in [3.63, 3.8) is 0 Å². The summed E-state index contributed by atoms with van der Waals surface area (Å²) in [6.45, 7) is 2.14. The normalized spacial score (nSPS) is 10.6. The SMILES string of the molecule is Cc1ccccc1-c1[c]ccc2ccccc12.